The first kappa shape index (κ1) is 16.6. The van der Waals surface area contributed by atoms with Crippen LogP contribution in [-0.4, -0.2) is 43.9 Å². The first-order valence-corrected chi connectivity index (χ1v) is 8.82. The van der Waals surface area contributed by atoms with Crippen molar-refractivity contribution in [2.45, 2.75) is 37.7 Å². The van der Waals surface area contributed by atoms with Crippen molar-refractivity contribution in [3.63, 3.8) is 0 Å². The number of nitrogens with zero attached hydrogens (tertiary/aromatic N) is 1. The number of sulfone groups is 1. The highest BCUT2D eigenvalue weighted by molar-refractivity contribution is 7.91. The highest BCUT2D eigenvalue weighted by Crippen LogP contribution is 2.38. The molecule has 0 unspecified atom stereocenters. The summed E-state index contributed by atoms with van der Waals surface area (Å²) in [5, 5.41) is 8.66. The van der Waals surface area contributed by atoms with E-state index in [1.54, 1.807) is 12.1 Å². The molecule has 0 atom stereocenters. The SMILES string of the molecule is CCN1CC(C)(C)Oc2ccc(S(=O)(=O)CCC(=O)O)cc21. The van der Waals surface area contributed by atoms with Crippen molar-refractivity contribution in [2.24, 2.45) is 0 Å². The van der Waals surface area contributed by atoms with Gasteiger partial charge in [-0.2, -0.15) is 0 Å². The van der Waals surface area contributed by atoms with Gasteiger partial charge in [-0.15, -0.1) is 0 Å². The molecule has 1 aliphatic rings. The zero-order valence-electron chi connectivity index (χ0n) is 13.0. The third-order valence-electron chi connectivity index (χ3n) is 3.55. The second-order valence-electron chi connectivity index (χ2n) is 5.97. The van der Waals surface area contributed by atoms with Crippen molar-refractivity contribution in [1.29, 1.82) is 0 Å². The van der Waals surface area contributed by atoms with Gasteiger partial charge in [-0.05, 0) is 39.0 Å². The standard InChI is InChI=1S/C15H21NO5S/c1-4-16-10-15(2,3)21-13-6-5-11(9-12(13)16)22(19,20)8-7-14(17)18/h5-6,9H,4,7-8,10H2,1-3H3,(H,17,18). The van der Waals surface area contributed by atoms with Crippen molar-refractivity contribution < 1.29 is 23.1 Å². The van der Waals surface area contributed by atoms with Gasteiger partial charge in [0.2, 0.25) is 0 Å². The van der Waals surface area contributed by atoms with Crippen molar-refractivity contribution in [2.75, 3.05) is 23.7 Å². The molecule has 122 valence electrons. The predicted molar refractivity (Wildman–Crippen MR) is 83.3 cm³/mol. The molecule has 0 aromatic heterocycles. The van der Waals surface area contributed by atoms with E-state index in [0.717, 1.165) is 12.2 Å². The molecule has 0 bridgehead atoms. The number of anilines is 1. The summed E-state index contributed by atoms with van der Waals surface area (Å²) in [6.07, 6.45) is -0.402. The van der Waals surface area contributed by atoms with Crippen LogP contribution >= 0.6 is 0 Å². The predicted octanol–water partition coefficient (Wildman–Crippen LogP) is 1.93. The van der Waals surface area contributed by atoms with E-state index >= 15 is 0 Å². The molecule has 1 N–H and O–H groups in total. The highest BCUT2D eigenvalue weighted by atomic mass is 32.2. The van der Waals surface area contributed by atoms with E-state index in [4.69, 9.17) is 9.84 Å². The monoisotopic (exact) mass is 327 g/mol. The van der Waals surface area contributed by atoms with Crippen molar-refractivity contribution in [1.82, 2.24) is 0 Å². The van der Waals surface area contributed by atoms with Crippen molar-refractivity contribution >= 4 is 21.5 Å². The lowest BCUT2D eigenvalue weighted by atomic mass is 10.1. The number of carboxylic acid groups (broad SMARTS) is 1. The maximum Gasteiger partial charge on any atom is 0.304 e. The Bertz CT molecular complexity index is 681. The fourth-order valence-corrected chi connectivity index (χ4v) is 3.77. The van der Waals surface area contributed by atoms with Gasteiger partial charge >= 0.3 is 5.97 Å². The van der Waals surface area contributed by atoms with Crippen molar-refractivity contribution in [3.8, 4) is 5.75 Å². The number of fused-ring (bicyclic) bond motifs is 1. The van der Waals surface area contributed by atoms with Gasteiger partial charge in [-0.1, -0.05) is 0 Å². The number of likely N-dealkylation sites (N-methyl/N-ethyl adjacent to an activating group) is 1. The Kier molecular flexibility index (Phi) is 4.37. The second kappa shape index (κ2) is 5.79. The summed E-state index contributed by atoms with van der Waals surface area (Å²) in [5.41, 5.74) is 0.394. The fraction of sp³-hybridized carbons (Fsp3) is 0.533. The van der Waals surface area contributed by atoms with E-state index in [1.165, 1.54) is 6.07 Å². The molecule has 7 heteroatoms. The van der Waals surface area contributed by atoms with E-state index in [9.17, 15) is 13.2 Å². The average Bonchev–Trinajstić information content (AvgIpc) is 2.42. The number of ether oxygens (including phenoxy) is 1. The molecule has 0 radical (unpaired) electrons. The molecule has 1 aliphatic heterocycles. The minimum atomic E-state index is -3.61. The van der Waals surface area contributed by atoms with E-state index in [0.29, 0.717) is 12.3 Å². The molecule has 1 heterocycles. The minimum absolute atomic E-state index is 0.134. The summed E-state index contributed by atoms with van der Waals surface area (Å²) in [4.78, 5) is 12.8. The number of hydrogen-bond acceptors (Lipinski definition) is 5. The fourth-order valence-electron chi connectivity index (χ4n) is 2.52. The zero-order chi connectivity index (χ0) is 16.5. The van der Waals surface area contributed by atoms with E-state index in [-0.39, 0.29) is 10.5 Å². The lowest BCUT2D eigenvalue weighted by Crippen LogP contribution is -2.46. The largest absolute Gasteiger partial charge is 0.484 e. The average molecular weight is 327 g/mol. The van der Waals surface area contributed by atoms with E-state index in [1.807, 2.05) is 20.8 Å². The Morgan fingerprint density at radius 3 is 2.68 bits per heavy atom. The van der Waals surface area contributed by atoms with Gasteiger partial charge in [-0.3, -0.25) is 4.79 Å². The summed E-state index contributed by atoms with van der Waals surface area (Å²) < 4.78 is 30.3. The van der Waals surface area contributed by atoms with Crippen LogP contribution in [-0.2, 0) is 14.6 Å². The maximum atomic E-state index is 12.2. The topological polar surface area (TPSA) is 83.9 Å². The van der Waals surface area contributed by atoms with Gasteiger partial charge in [0.1, 0.15) is 11.4 Å². The molecule has 0 amide bonds. The smallest absolute Gasteiger partial charge is 0.304 e. The maximum absolute atomic E-state index is 12.2. The van der Waals surface area contributed by atoms with Gasteiger partial charge in [0.05, 0.1) is 29.3 Å². The van der Waals surface area contributed by atoms with Crippen LogP contribution in [0.1, 0.15) is 27.2 Å². The van der Waals surface area contributed by atoms with Crippen LogP contribution in [0, 0.1) is 0 Å². The summed E-state index contributed by atoms with van der Waals surface area (Å²) in [6.45, 7) is 7.36. The zero-order valence-corrected chi connectivity index (χ0v) is 13.8. The molecule has 0 saturated carbocycles. The van der Waals surface area contributed by atoms with E-state index < -0.39 is 28.0 Å². The Hall–Kier alpha value is -1.76. The first-order valence-electron chi connectivity index (χ1n) is 7.17. The molecule has 2 rings (SSSR count). The van der Waals surface area contributed by atoms with Crippen LogP contribution in [0.4, 0.5) is 5.69 Å². The Morgan fingerprint density at radius 1 is 1.41 bits per heavy atom. The number of carbonyl (C=O) groups is 1. The summed E-state index contributed by atoms with van der Waals surface area (Å²) in [6, 6.07) is 4.70. The molecule has 6 nitrogen and oxygen atoms in total. The molecule has 1 aromatic rings. The number of aliphatic carboxylic acids is 1. The Labute approximate surface area is 130 Å². The van der Waals surface area contributed by atoms with E-state index in [2.05, 4.69) is 4.90 Å². The first-order chi connectivity index (χ1) is 10.1. The molecule has 0 spiro atoms. The van der Waals surface area contributed by atoms with Crippen LogP contribution in [0.3, 0.4) is 0 Å². The molecule has 22 heavy (non-hydrogen) atoms. The lowest BCUT2D eigenvalue weighted by molar-refractivity contribution is -0.136. The van der Waals surface area contributed by atoms with Crippen molar-refractivity contribution in [3.05, 3.63) is 18.2 Å². The lowest BCUT2D eigenvalue weighted by Gasteiger charge is -2.40. The van der Waals surface area contributed by atoms with Gasteiger partial charge in [0.25, 0.3) is 0 Å². The quantitative estimate of drug-likeness (QED) is 0.889. The van der Waals surface area contributed by atoms with Gasteiger partial charge in [-0.25, -0.2) is 8.42 Å². The van der Waals surface area contributed by atoms with Crippen LogP contribution < -0.4 is 9.64 Å². The van der Waals surface area contributed by atoms with Crippen LogP contribution in [0.2, 0.25) is 0 Å². The summed E-state index contributed by atoms with van der Waals surface area (Å²) >= 11 is 0. The van der Waals surface area contributed by atoms with Crippen LogP contribution in [0.15, 0.2) is 23.1 Å². The second-order valence-corrected chi connectivity index (χ2v) is 8.08. The number of carboxylic acids is 1. The molecule has 0 saturated heterocycles. The van der Waals surface area contributed by atoms with Gasteiger partial charge in [0.15, 0.2) is 9.84 Å². The number of benzene rings is 1. The summed E-state index contributed by atoms with van der Waals surface area (Å²) in [7, 11) is -3.61. The number of hydrogen-bond donors (Lipinski definition) is 1. The molecule has 0 aliphatic carbocycles. The number of rotatable bonds is 5. The summed E-state index contributed by atoms with van der Waals surface area (Å²) in [5.74, 6) is -0.878. The molecule has 1 aromatic carbocycles. The minimum Gasteiger partial charge on any atom is -0.484 e. The van der Waals surface area contributed by atoms with Gasteiger partial charge < -0.3 is 14.7 Å². The molecule has 0 fully saturated rings. The molecular formula is C15H21NO5S. The van der Waals surface area contributed by atoms with Crippen LogP contribution in [0.25, 0.3) is 0 Å². The highest BCUT2D eigenvalue weighted by Gasteiger charge is 2.32. The normalized spacial score (nSPS) is 16.8. The third kappa shape index (κ3) is 3.52. The Morgan fingerprint density at radius 2 is 2.09 bits per heavy atom. The molecular weight excluding hydrogens is 306 g/mol. The van der Waals surface area contributed by atoms with Crippen LogP contribution in [0.5, 0.6) is 5.75 Å². The third-order valence-corrected chi connectivity index (χ3v) is 5.27. The Balaban J connectivity index is 2.37. The van der Waals surface area contributed by atoms with Gasteiger partial charge in [0, 0.05) is 6.54 Å².